The third-order valence-electron chi connectivity index (χ3n) is 2.35. The predicted molar refractivity (Wildman–Crippen MR) is 69.4 cm³/mol. The first kappa shape index (κ1) is 15.3. The second kappa shape index (κ2) is 7.52. The van der Waals surface area contributed by atoms with Crippen LogP contribution in [0.1, 0.15) is 27.2 Å². The third-order valence-corrected chi connectivity index (χ3v) is 5.21. The lowest BCUT2D eigenvalue weighted by atomic mass is 10.3. The van der Waals surface area contributed by atoms with Crippen LogP contribution in [0.4, 0.5) is 0 Å². The molecule has 15 heavy (non-hydrogen) atoms. The van der Waals surface area contributed by atoms with Crippen LogP contribution < -0.4 is 5.32 Å². The summed E-state index contributed by atoms with van der Waals surface area (Å²) >= 11 is 1.82. The highest BCUT2D eigenvalue weighted by molar-refractivity contribution is 7.98. The van der Waals surface area contributed by atoms with Gasteiger partial charge in [0.2, 0.25) is 0 Å². The summed E-state index contributed by atoms with van der Waals surface area (Å²) in [5.41, 5.74) is 0. The van der Waals surface area contributed by atoms with Gasteiger partial charge in [-0.05, 0) is 39.2 Å². The molecule has 3 nitrogen and oxygen atoms in total. The molecular formula is C10H23NO2S2. The fourth-order valence-electron chi connectivity index (χ4n) is 1.08. The first-order valence-electron chi connectivity index (χ1n) is 5.34. The maximum atomic E-state index is 11.5. The van der Waals surface area contributed by atoms with Crippen LogP contribution in [0.25, 0.3) is 0 Å². The first-order chi connectivity index (χ1) is 6.90. The van der Waals surface area contributed by atoms with Crippen molar-refractivity contribution in [2.45, 2.75) is 38.5 Å². The number of nitrogens with one attached hydrogen (secondary N) is 1. The lowest BCUT2D eigenvalue weighted by Crippen LogP contribution is -2.33. The predicted octanol–water partition coefficient (Wildman–Crippen LogP) is 1.54. The highest BCUT2D eigenvalue weighted by Gasteiger charge is 2.15. The van der Waals surface area contributed by atoms with E-state index >= 15 is 0 Å². The van der Waals surface area contributed by atoms with Gasteiger partial charge < -0.3 is 5.32 Å². The molecule has 0 aliphatic rings. The van der Waals surface area contributed by atoms with E-state index in [2.05, 4.69) is 18.5 Å². The Hall–Kier alpha value is 0.260. The lowest BCUT2D eigenvalue weighted by Gasteiger charge is -2.14. The molecule has 0 amide bonds. The van der Waals surface area contributed by atoms with E-state index in [1.807, 2.05) is 11.8 Å². The summed E-state index contributed by atoms with van der Waals surface area (Å²) < 4.78 is 23.0. The molecule has 0 fully saturated rings. The largest absolute Gasteiger partial charge is 0.313 e. The zero-order chi connectivity index (χ0) is 11.9. The average molecular weight is 253 g/mol. The monoisotopic (exact) mass is 253 g/mol. The molecule has 0 rings (SSSR count). The maximum absolute atomic E-state index is 11.5. The van der Waals surface area contributed by atoms with Crippen molar-refractivity contribution in [3.63, 3.8) is 0 Å². The van der Waals surface area contributed by atoms with E-state index in [1.165, 1.54) is 0 Å². The second-order valence-corrected chi connectivity index (χ2v) is 7.71. The SMILES string of the molecule is CSCCC(C)NCCS(=O)(=O)C(C)C. The van der Waals surface area contributed by atoms with E-state index < -0.39 is 9.84 Å². The Balaban J connectivity index is 3.70. The molecular weight excluding hydrogens is 230 g/mol. The van der Waals surface area contributed by atoms with Crippen LogP contribution in [0.2, 0.25) is 0 Å². The molecule has 0 radical (unpaired) electrons. The Morgan fingerprint density at radius 3 is 2.33 bits per heavy atom. The van der Waals surface area contributed by atoms with Gasteiger partial charge in [-0.1, -0.05) is 0 Å². The molecule has 5 heteroatoms. The van der Waals surface area contributed by atoms with Gasteiger partial charge >= 0.3 is 0 Å². The molecule has 0 aliphatic heterocycles. The summed E-state index contributed by atoms with van der Waals surface area (Å²) in [5, 5.41) is 2.97. The molecule has 0 aromatic heterocycles. The summed E-state index contributed by atoms with van der Waals surface area (Å²) in [6.07, 6.45) is 3.17. The van der Waals surface area contributed by atoms with Gasteiger partial charge in [-0.15, -0.1) is 0 Å². The minimum Gasteiger partial charge on any atom is -0.313 e. The normalized spacial score (nSPS) is 14.5. The molecule has 1 unspecified atom stereocenters. The number of rotatable bonds is 8. The van der Waals surface area contributed by atoms with Crippen LogP contribution in [0.15, 0.2) is 0 Å². The van der Waals surface area contributed by atoms with Crippen LogP contribution >= 0.6 is 11.8 Å². The van der Waals surface area contributed by atoms with E-state index in [0.717, 1.165) is 12.2 Å². The van der Waals surface area contributed by atoms with Crippen LogP contribution in [0, 0.1) is 0 Å². The lowest BCUT2D eigenvalue weighted by molar-refractivity contribution is 0.545. The molecule has 0 heterocycles. The minimum atomic E-state index is -2.88. The van der Waals surface area contributed by atoms with Gasteiger partial charge in [0.25, 0.3) is 0 Å². The Morgan fingerprint density at radius 2 is 1.87 bits per heavy atom. The summed E-state index contributed by atoms with van der Waals surface area (Å²) in [5.74, 6) is 1.36. The molecule has 0 saturated carbocycles. The van der Waals surface area contributed by atoms with Gasteiger partial charge in [0.05, 0.1) is 11.0 Å². The Labute approximate surface area is 98.3 Å². The smallest absolute Gasteiger partial charge is 0.153 e. The summed E-state index contributed by atoms with van der Waals surface area (Å²) in [6, 6.07) is 0.403. The van der Waals surface area contributed by atoms with E-state index in [-0.39, 0.29) is 11.0 Å². The topological polar surface area (TPSA) is 46.2 Å². The molecule has 0 saturated heterocycles. The maximum Gasteiger partial charge on any atom is 0.153 e. The van der Waals surface area contributed by atoms with Crippen molar-refractivity contribution < 1.29 is 8.42 Å². The molecule has 0 aromatic rings. The van der Waals surface area contributed by atoms with Crippen molar-refractivity contribution in [1.82, 2.24) is 5.32 Å². The quantitative estimate of drug-likeness (QED) is 0.713. The molecule has 0 spiro atoms. The highest BCUT2D eigenvalue weighted by atomic mass is 32.2. The minimum absolute atomic E-state index is 0.244. The van der Waals surface area contributed by atoms with Gasteiger partial charge in [0.1, 0.15) is 0 Å². The van der Waals surface area contributed by atoms with Crippen LogP contribution in [0.5, 0.6) is 0 Å². The highest BCUT2D eigenvalue weighted by Crippen LogP contribution is 2.01. The van der Waals surface area contributed by atoms with E-state index in [9.17, 15) is 8.42 Å². The number of thioether (sulfide) groups is 1. The van der Waals surface area contributed by atoms with Gasteiger partial charge in [-0.25, -0.2) is 8.42 Å². The van der Waals surface area contributed by atoms with Crippen molar-refractivity contribution in [2.75, 3.05) is 24.3 Å². The summed E-state index contributed by atoms with van der Waals surface area (Å²) in [4.78, 5) is 0. The average Bonchev–Trinajstić information content (AvgIpc) is 2.14. The van der Waals surface area contributed by atoms with Gasteiger partial charge in [-0.3, -0.25) is 0 Å². The number of hydrogen-bond acceptors (Lipinski definition) is 4. The molecule has 0 aliphatic carbocycles. The van der Waals surface area contributed by atoms with Gasteiger partial charge in [0.15, 0.2) is 9.84 Å². The number of sulfone groups is 1. The van der Waals surface area contributed by atoms with Crippen LogP contribution in [0.3, 0.4) is 0 Å². The molecule has 1 N–H and O–H groups in total. The zero-order valence-electron chi connectivity index (χ0n) is 10.1. The van der Waals surface area contributed by atoms with Crippen LogP contribution in [-0.2, 0) is 9.84 Å². The van der Waals surface area contributed by atoms with Crippen molar-refractivity contribution in [2.24, 2.45) is 0 Å². The number of hydrogen-bond donors (Lipinski definition) is 1. The van der Waals surface area contributed by atoms with Crippen molar-refractivity contribution >= 4 is 21.6 Å². The van der Waals surface area contributed by atoms with Gasteiger partial charge in [-0.2, -0.15) is 11.8 Å². The third kappa shape index (κ3) is 7.19. The second-order valence-electron chi connectivity index (χ2n) is 4.05. The Morgan fingerprint density at radius 1 is 1.27 bits per heavy atom. The van der Waals surface area contributed by atoms with Crippen molar-refractivity contribution in [3.05, 3.63) is 0 Å². The Kier molecular flexibility index (Phi) is 7.65. The summed E-state index contributed by atoms with van der Waals surface area (Å²) in [7, 11) is -2.88. The molecule has 1 atom stereocenters. The Bertz CT molecular complexity index is 250. The summed E-state index contributed by atoms with van der Waals surface area (Å²) in [6.45, 7) is 6.12. The molecule has 0 aromatic carbocycles. The fourth-order valence-corrected chi connectivity index (χ4v) is 2.54. The van der Waals surface area contributed by atoms with E-state index in [4.69, 9.17) is 0 Å². The molecule has 92 valence electrons. The molecule has 0 bridgehead atoms. The fraction of sp³-hybridized carbons (Fsp3) is 1.00. The first-order valence-corrected chi connectivity index (χ1v) is 8.45. The van der Waals surface area contributed by atoms with E-state index in [1.54, 1.807) is 13.8 Å². The van der Waals surface area contributed by atoms with Crippen molar-refractivity contribution in [1.29, 1.82) is 0 Å². The zero-order valence-corrected chi connectivity index (χ0v) is 11.7. The van der Waals surface area contributed by atoms with Crippen molar-refractivity contribution in [3.8, 4) is 0 Å². The van der Waals surface area contributed by atoms with Crippen LogP contribution in [-0.4, -0.2) is 44.0 Å². The van der Waals surface area contributed by atoms with Gasteiger partial charge in [0, 0.05) is 12.6 Å². The van der Waals surface area contributed by atoms with E-state index in [0.29, 0.717) is 12.6 Å². The standard InChI is InChI=1S/C10H23NO2S2/c1-9(2)15(12,13)8-6-11-10(3)5-7-14-4/h9-11H,5-8H2,1-4H3.